The Kier molecular flexibility index (Phi) is 6.88. The number of carbonyl (C=O) groups is 3. The predicted octanol–water partition coefficient (Wildman–Crippen LogP) is 1.26. The summed E-state index contributed by atoms with van der Waals surface area (Å²) in [6.45, 7) is 7.77. The van der Waals surface area contributed by atoms with Crippen molar-refractivity contribution in [3.05, 3.63) is 28.7 Å². The summed E-state index contributed by atoms with van der Waals surface area (Å²) in [5, 5.41) is 1.05. The van der Waals surface area contributed by atoms with Crippen molar-refractivity contribution in [2.45, 2.75) is 26.0 Å². The molecule has 0 fully saturated rings. The number of thiophene rings is 1. The molecule has 0 aliphatic heterocycles. The van der Waals surface area contributed by atoms with E-state index in [9.17, 15) is 22.8 Å². The van der Waals surface area contributed by atoms with E-state index in [1.807, 2.05) is 0 Å². The second kappa shape index (κ2) is 8.26. The Morgan fingerprint density at radius 2 is 2.00 bits per heavy atom. The van der Waals surface area contributed by atoms with Crippen LogP contribution in [0.25, 0.3) is 0 Å². The molecule has 1 atom stereocenters. The van der Waals surface area contributed by atoms with Crippen molar-refractivity contribution in [1.29, 1.82) is 0 Å². The van der Waals surface area contributed by atoms with Gasteiger partial charge in [0.05, 0.1) is 22.8 Å². The first kappa shape index (κ1) is 20.8. The maximum atomic E-state index is 12.3. The second-order valence-corrected chi connectivity index (χ2v) is 8.48. The summed E-state index contributed by atoms with van der Waals surface area (Å²) in [6, 6.07) is 0. The molecule has 138 valence electrons. The van der Waals surface area contributed by atoms with E-state index in [2.05, 4.69) is 11.9 Å². The molecule has 10 heteroatoms. The molecule has 1 aromatic rings. The molecule has 25 heavy (non-hydrogen) atoms. The van der Waals surface area contributed by atoms with Gasteiger partial charge in [-0.25, -0.2) is 13.2 Å². The van der Waals surface area contributed by atoms with Crippen molar-refractivity contribution in [2.75, 3.05) is 17.7 Å². The summed E-state index contributed by atoms with van der Waals surface area (Å²) >= 11 is 0.796. The Morgan fingerprint density at radius 1 is 1.40 bits per heavy atom. The summed E-state index contributed by atoms with van der Waals surface area (Å²) < 4.78 is 28.9. The highest BCUT2D eigenvalue weighted by Crippen LogP contribution is 2.33. The van der Waals surface area contributed by atoms with E-state index in [0.29, 0.717) is 0 Å². The third kappa shape index (κ3) is 4.67. The van der Waals surface area contributed by atoms with E-state index in [1.54, 1.807) is 6.92 Å². The molecule has 0 saturated carbocycles. The molecule has 0 aromatic carbocycles. The van der Waals surface area contributed by atoms with Gasteiger partial charge in [-0.3, -0.25) is 9.59 Å². The summed E-state index contributed by atoms with van der Waals surface area (Å²) in [4.78, 5) is 36.0. The van der Waals surface area contributed by atoms with E-state index < -0.39 is 32.9 Å². The number of sulfone groups is 1. The van der Waals surface area contributed by atoms with Crippen molar-refractivity contribution in [3.8, 4) is 0 Å². The fraction of sp³-hybridized carbons (Fsp3) is 0.400. The molecule has 0 aliphatic carbocycles. The number of nitrogens with one attached hydrogen (secondary N) is 1. The van der Waals surface area contributed by atoms with Crippen molar-refractivity contribution < 1.29 is 27.5 Å². The van der Waals surface area contributed by atoms with Crippen molar-refractivity contribution in [1.82, 2.24) is 0 Å². The van der Waals surface area contributed by atoms with Crippen LogP contribution >= 0.6 is 11.3 Å². The lowest BCUT2D eigenvalue weighted by molar-refractivity contribution is -0.115. The highest BCUT2D eigenvalue weighted by molar-refractivity contribution is 7.92. The molecule has 0 radical (unpaired) electrons. The van der Waals surface area contributed by atoms with E-state index in [1.165, 1.54) is 19.9 Å². The Labute approximate surface area is 150 Å². The molecular weight excluding hydrogens is 368 g/mol. The zero-order valence-electron chi connectivity index (χ0n) is 14.1. The van der Waals surface area contributed by atoms with Gasteiger partial charge in [0.1, 0.15) is 10.3 Å². The molecule has 1 rings (SSSR count). The average Bonchev–Trinajstić information content (AvgIpc) is 2.83. The normalized spacial score (nSPS) is 12.3. The van der Waals surface area contributed by atoms with E-state index >= 15 is 0 Å². The van der Waals surface area contributed by atoms with Crippen LogP contribution in [0.15, 0.2) is 12.7 Å². The van der Waals surface area contributed by atoms with E-state index in [4.69, 9.17) is 10.5 Å². The quantitative estimate of drug-likeness (QED) is 0.509. The summed E-state index contributed by atoms with van der Waals surface area (Å²) in [5.74, 6) is -2.69. The van der Waals surface area contributed by atoms with Crippen molar-refractivity contribution >= 4 is 44.0 Å². The van der Waals surface area contributed by atoms with Gasteiger partial charge in [0.25, 0.3) is 5.91 Å². The lowest BCUT2D eigenvalue weighted by Gasteiger charge is -2.12. The average molecular weight is 388 g/mol. The third-order valence-corrected chi connectivity index (χ3v) is 6.56. The number of ether oxygens (including phenoxy) is 1. The minimum absolute atomic E-state index is 0.0117. The maximum absolute atomic E-state index is 12.3. The number of carbonyl (C=O) groups excluding carboxylic acids is 3. The molecular formula is C15H20N2O6S2. The molecule has 0 spiro atoms. The predicted molar refractivity (Wildman–Crippen MR) is 95.6 cm³/mol. The van der Waals surface area contributed by atoms with Gasteiger partial charge in [-0.2, -0.15) is 0 Å². The van der Waals surface area contributed by atoms with Crippen LogP contribution in [0.1, 0.15) is 39.4 Å². The van der Waals surface area contributed by atoms with Crippen molar-refractivity contribution in [2.24, 2.45) is 5.73 Å². The topological polar surface area (TPSA) is 133 Å². The number of rotatable bonds is 8. The Hall–Kier alpha value is -2.20. The Bertz CT molecular complexity index is 810. The first-order valence-corrected chi connectivity index (χ1v) is 9.83. The van der Waals surface area contributed by atoms with Crippen LogP contribution in [0.4, 0.5) is 5.00 Å². The number of hydrogen-bond donors (Lipinski definition) is 2. The Balaban J connectivity index is 3.26. The number of primary amides is 1. The SMILES string of the molecule is C=CCS(=O)(=O)C(C)C(=O)Nc1sc(C(N)=O)c(C)c1C(=O)OCC. The molecule has 0 saturated heterocycles. The molecule has 2 amide bonds. The van der Waals surface area contributed by atoms with Gasteiger partial charge in [0.15, 0.2) is 9.84 Å². The fourth-order valence-electron chi connectivity index (χ4n) is 1.97. The first-order valence-electron chi connectivity index (χ1n) is 7.30. The van der Waals surface area contributed by atoms with E-state index in [-0.39, 0.29) is 33.4 Å². The first-order chi connectivity index (χ1) is 11.6. The molecule has 1 aromatic heterocycles. The van der Waals surface area contributed by atoms with Crippen LogP contribution in [-0.2, 0) is 19.4 Å². The highest BCUT2D eigenvalue weighted by atomic mass is 32.2. The van der Waals surface area contributed by atoms with E-state index in [0.717, 1.165) is 11.3 Å². The summed E-state index contributed by atoms with van der Waals surface area (Å²) in [5.41, 5.74) is 5.53. The van der Waals surface area contributed by atoms with Gasteiger partial charge in [0.2, 0.25) is 5.91 Å². The van der Waals surface area contributed by atoms with Crippen LogP contribution in [0.5, 0.6) is 0 Å². The molecule has 0 aliphatic rings. The minimum Gasteiger partial charge on any atom is -0.462 e. The fourth-order valence-corrected chi connectivity index (χ4v) is 4.02. The Morgan fingerprint density at radius 3 is 2.48 bits per heavy atom. The number of nitrogens with two attached hydrogens (primary N) is 1. The number of hydrogen-bond acceptors (Lipinski definition) is 7. The number of anilines is 1. The molecule has 8 nitrogen and oxygen atoms in total. The second-order valence-electron chi connectivity index (χ2n) is 5.09. The monoisotopic (exact) mass is 388 g/mol. The smallest absolute Gasteiger partial charge is 0.341 e. The summed E-state index contributed by atoms with van der Waals surface area (Å²) in [7, 11) is -3.73. The summed E-state index contributed by atoms with van der Waals surface area (Å²) in [6.07, 6.45) is 1.18. The van der Waals surface area contributed by atoms with Gasteiger partial charge in [-0.15, -0.1) is 17.9 Å². The maximum Gasteiger partial charge on any atom is 0.341 e. The van der Waals surface area contributed by atoms with Crippen molar-refractivity contribution in [3.63, 3.8) is 0 Å². The minimum atomic E-state index is -3.73. The van der Waals surface area contributed by atoms with Gasteiger partial charge in [0, 0.05) is 0 Å². The van der Waals surface area contributed by atoms with Crippen LogP contribution in [0.2, 0.25) is 0 Å². The molecule has 3 N–H and O–H groups in total. The zero-order chi connectivity index (χ0) is 19.4. The van der Waals surface area contributed by atoms with Gasteiger partial charge >= 0.3 is 5.97 Å². The zero-order valence-corrected chi connectivity index (χ0v) is 15.8. The van der Waals surface area contributed by atoms with Gasteiger partial charge in [-0.05, 0) is 26.3 Å². The highest BCUT2D eigenvalue weighted by Gasteiger charge is 2.30. The largest absolute Gasteiger partial charge is 0.462 e. The molecule has 1 unspecified atom stereocenters. The van der Waals surface area contributed by atoms with Crippen LogP contribution in [-0.4, -0.2) is 43.8 Å². The third-order valence-electron chi connectivity index (χ3n) is 3.34. The lowest BCUT2D eigenvalue weighted by Crippen LogP contribution is -2.34. The van der Waals surface area contributed by atoms with Crippen LogP contribution < -0.4 is 11.1 Å². The molecule has 1 heterocycles. The van der Waals surface area contributed by atoms with Gasteiger partial charge < -0.3 is 15.8 Å². The van der Waals surface area contributed by atoms with Gasteiger partial charge in [-0.1, -0.05) is 6.08 Å². The number of amides is 2. The molecule has 0 bridgehead atoms. The van der Waals surface area contributed by atoms with Crippen LogP contribution in [0.3, 0.4) is 0 Å². The lowest BCUT2D eigenvalue weighted by atomic mass is 10.1. The standard InChI is InChI=1S/C15H20N2O6S2/c1-5-7-25(21,22)9(4)13(19)17-14-10(15(20)23-6-2)8(3)11(24-14)12(16)18/h5,9H,1,6-7H2,2-4H3,(H2,16,18)(H,17,19). The number of esters is 1. The van der Waals surface area contributed by atoms with Crippen LogP contribution in [0, 0.1) is 6.92 Å².